The molecular weight excluding hydrogens is 388 g/mol. The molecule has 4 fully saturated rings. The Labute approximate surface area is 164 Å². The van der Waals surface area contributed by atoms with Crippen LogP contribution in [0.3, 0.4) is 0 Å². The summed E-state index contributed by atoms with van der Waals surface area (Å²) in [5.41, 5.74) is 1.75. The molecule has 0 aliphatic heterocycles. The van der Waals surface area contributed by atoms with Crippen LogP contribution in [0.25, 0.3) is 10.8 Å². The molecule has 0 heterocycles. The molecule has 4 bridgehead atoms. The van der Waals surface area contributed by atoms with Crippen LogP contribution in [-0.4, -0.2) is 13.4 Å². The van der Waals surface area contributed by atoms with E-state index in [1.54, 1.807) is 7.11 Å². The van der Waals surface area contributed by atoms with E-state index >= 15 is 0 Å². The predicted molar refractivity (Wildman–Crippen MR) is 109 cm³/mol. The lowest BCUT2D eigenvalue weighted by Gasteiger charge is -2.57. The molecule has 0 radical (unpaired) electrons. The van der Waals surface area contributed by atoms with Crippen molar-refractivity contribution in [1.29, 1.82) is 0 Å². The number of benzene rings is 2. The van der Waals surface area contributed by atoms with E-state index in [2.05, 4.69) is 46.3 Å². The van der Waals surface area contributed by atoms with E-state index in [4.69, 9.17) is 9.47 Å². The van der Waals surface area contributed by atoms with Gasteiger partial charge in [-0.1, -0.05) is 22.0 Å². The number of rotatable bonds is 4. The topological polar surface area (TPSA) is 18.5 Å². The molecule has 4 saturated carbocycles. The summed E-state index contributed by atoms with van der Waals surface area (Å²) < 4.78 is 12.9. The fourth-order valence-corrected chi connectivity index (χ4v) is 6.81. The van der Waals surface area contributed by atoms with Crippen molar-refractivity contribution in [2.24, 2.45) is 17.8 Å². The summed E-state index contributed by atoms with van der Waals surface area (Å²) in [6.07, 6.45) is 8.19. The van der Waals surface area contributed by atoms with Crippen molar-refractivity contribution < 1.29 is 9.47 Å². The van der Waals surface area contributed by atoms with Crippen molar-refractivity contribution in [1.82, 2.24) is 0 Å². The monoisotopic (exact) mass is 414 g/mol. The first kappa shape index (κ1) is 17.1. The number of ether oxygens (including phenoxy) is 2. The van der Waals surface area contributed by atoms with Gasteiger partial charge in [-0.05, 0) is 104 Å². The lowest BCUT2D eigenvalue weighted by molar-refractivity contribution is -0.0435. The molecule has 6 rings (SSSR count). The Bertz CT molecular complexity index is 808. The van der Waals surface area contributed by atoms with Gasteiger partial charge in [-0.3, -0.25) is 0 Å². The summed E-state index contributed by atoms with van der Waals surface area (Å²) in [7, 11) is 1.72. The van der Waals surface area contributed by atoms with Crippen LogP contribution in [0, 0.1) is 17.8 Å². The van der Waals surface area contributed by atoms with Crippen molar-refractivity contribution in [2.75, 3.05) is 7.11 Å². The van der Waals surface area contributed by atoms with Gasteiger partial charge >= 0.3 is 0 Å². The summed E-state index contributed by atoms with van der Waals surface area (Å²) in [5, 5.41) is 2.54. The molecule has 1 unspecified atom stereocenters. The fourth-order valence-electron chi connectivity index (χ4n) is 6.43. The Kier molecular flexibility index (Phi) is 4.09. The molecule has 0 spiro atoms. The van der Waals surface area contributed by atoms with E-state index in [1.807, 2.05) is 6.92 Å². The van der Waals surface area contributed by atoms with Gasteiger partial charge in [-0.25, -0.2) is 0 Å². The standard InChI is InChI=1S/C23H27BrO2/c1-14(25-2)26-22-10-18-3-4-20(24)8-19(18)9-21(22)23-11-15-5-16(12-23)7-17(6-15)13-23/h3-4,8-10,14-17H,5-7,11-13H2,1-2H3. The molecular formula is C23H27BrO2. The van der Waals surface area contributed by atoms with Crippen molar-refractivity contribution in [3.63, 3.8) is 0 Å². The highest BCUT2D eigenvalue weighted by molar-refractivity contribution is 9.10. The molecule has 2 aromatic carbocycles. The highest BCUT2D eigenvalue weighted by atomic mass is 79.9. The average molecular weight is 415 g/mol. The molecule has 2 aromatic rings. The normalized spacial score (nSPS) is 33.6. The predicted octanol–water partition coefficient (Wildman–Crippen LogP) is 6.44. The van der Waals surface area contributed by atoms with Gasteiger partial charge in [-0.2, -0.15) is 0 Å². The van der Waals surface area contributed by atoms with Crippen LogP contribution in [0.5, 0.6) is 5.75 Å². The first-order valence-corrected chi connectivity index (χ1v) is 10.8. The third-order valence-corrected chi connectivity index (χ3v) is 7.63. The maximum Gasteiger partial charge on any atom is 0.196 e. The third-order valence-electron chi connectivity index (χ3n) is 7.14. The first-order valence-electron chi connectivity index (χ1n) is 9.98. The highest BCUT2D eigenvalue weighted by Crippen LogP contribution is 2.62. The van der Waals surface area contributed by atoms with Crippen LogP contribution in [0.2, 0.25) is 0 Å². The number of hydrogen-bond acceptors (Lipinski definition) is 2. The number of fused-ring (bicyclic) bond motifs is 1. The number of hydrogen-bond donors (Lipinski definition) is 0. The molecule has 0 N–H and O–H groups in total. The van der Waals surface area contributed by atoms with Crippen LogP contribution in [-0.2, 0) is 10.2 Å². The van der Waals surface area contributed by atoms with Gasteiger partial charge in [0.15, 0.2) is 6.29 Å². The van der Waals surface area contributed by atoms with Crippen LogP contribution < -0.4 is 4.74 Å². The Balaban J connectivity index is 1.66. The second-order valence-electron chi connectivity index (χ2n) is 8.96. The van der Waals surface area contributed by atoms with Gasteiger partial charge in [0.05, 0.1) is 0 Å². The molecule has 2 nitrogen and oxygen atoms in total. The van der Waals surface area contributed by atoms with Gasteiger partial charge in [0, 0.05) is 17.1 Å². The summed E-state index contributed by atoms with van der Waals surface area (Å²) >= 11 is 3.64. The Morgan fingerprint density at radius 3 is 2.23 bits per heavy atom. The van der Waals surface area contributed by atoms with Crippen LogP contribution in [0.15, 0.2) is 34.8 Å². The number of methoxy groups -OCH3 is 1. The van der Waals surface area contributed by atoms with Crippen molar-refractivity contribution in [3.8, 4) is 5.75 Å². The summed E-state index contributed by atoms with van der Waals surface area (Å²) in [6, 6.07) is 11.2. The van der Waals surface area contributed by atoms with Crippen molar-refractivity contribution in [2.45, 2.75) is 57.2 Å². The molecule has 26 heavy (non-hydrogen) atoms. The molecule has 4 aliphatic rings. The quantitative estimate of drug-likeness (QED) is 0.535. The minimum absolute atomic E-state index is 0.226. The molecule has 0 saturated heterocycles. The Morgan fingerprint density at radius 1 is 0.962 bits per heavy atom. The zero-order valence-electron chi connectivity index (χ0n) is 15.6. The van der Waals surface area contributed by atoms with Crippen LogP contribution in [0.1, 0.15) is 51.0 Å². The SMILES string of the molecule is COC(C)Oc1cc2ccc(Br)cc2cc1C12CC3CC(CC(C3)C1)C2. The molecule has 3 heteroatoms. The maximum absolute atomic E-state index is 6.29. The smallest absolute Gasteiger partial charge is 0.196 e. The van der Waals surface area contributed by atoms with E-state index in [0.29, 0.717) is 5.41 Å². The third kappa shape index (κ3) is 2.79. The van der Waals surface area contributed by atoms with Gasteiger partial charge in [0.25, 0.3) is 0 Å². The van der Waals surface area contributed by atoms with Crippen molar-refractivity contribution in [3.05, 3.63) is 40.4 Å². The average Bonchev–Trinajstić information content (AvgIpc) is 2.60. The van der Waals surface area contributed by atoms with Gasteiger partial charge in [0.2, 0.25) is 0 Å². The summed E-state index contributed by atoms with van der Waals surface area (Å²) in [4.78, 5) is 0. The van der Waals surface area contributed by atoms with E-state index in [1.165, 1.54) is 54.9 Å². The molecule has 0 amide bonds. The van der Waals surface area contributed by atoms with Gasteiger partial charge < -0.3 is 9.47 Å². The van der Waals surface area contributed by atoms with Crippen LogP contribution in [0.4, 0.5) is 0 Å². The first-order chi connectivity index (χ1) is 12.5. The largest absolute Gasteiger partial charge is 0.465 e. The minimum Gasteiger partial charge on any atom is -0.465 e. The summed E-state index contributed by atoms with van der Waals surface area (Å²) in [6.45, 7) is 1.98. The zero-order chi connectivity index (χ0) is 17.9. The molecule has 138 valence electrons. The molecule has 0 aromatic heterocycles. The van der Waals surface area contributed by atoms with E-state index < -0.39 is 0 Å². The molecule has 4 aliphatic carbocycles. The Hall–Kier alpha value is -1.06. The highest BCUT2D eigenvalue weighted by Gasteiger charge is 2.52. The summed E-state index contributed by atoms with van der Waals surface area (Å²) in [5.74, 6) is 3.81. The van der Waals surface area contributed by atoms with Crippen molar-refractivity contribution >= 4 is 26.7 Å². The van der Waals surface area contributed by atoms with Gasteiger partial charge in [-0.15, -0.1) is 0 Å². The van der Waals surface area contributed by atoms with E-state index in [-0.39, 0.29) is 6.29 Å². The second kappa shape index (κ2) is 6.24. The minimum atomic E-state index is -0.226. The lowest BCUT2D eigenvalue weighted by Crippen LogP contribution is -2.48. The maximum atomic E-state index is 6.29. The zero-order valence-corrected chi connectivity index (χ0v) is 17.2. The number of halogens is 1. The van der Waals surface area contributed by atoms with Gasteiger partial charge in [0.1, 0.15) is 5.75 Å². The Morgan fingerprint density at radius 2 is 1.62 bits per heavy atom. The van der Waals surface area contributed by atoms with Crippen LogP contribution >= 0.6 is 15.9 Å². The molecule has 1 atom stereocenters. The second-order valence-corrected chi connectivity index (χ2v) is 9.87. The van der Waals surface area contributed by atoms with E-state index in [0.717, 1.165) is 28.0 Å². The fraction of sp³-hybridized carbons (Fsp3) is 0.565. The lowest BCUT2D eigenvalue weighted by atomic mass is 9.48. The van der Waals surface area contributed by atoms with E-state index in [9.17, 15) is 0 Å².